The molecule has 23 heavy (non-hydrogen) atoms. The van der Waals surface area contributed by atoms with Crippen molar-refractivity contribution < 1.29 is 17.9 Å². The van der Waals surface area contributed by atoms with Crippen molar-refractivity contribution in [3.63, 3.8) is 0 Å². The van der Waals surface area contributed by atoms with Gasteiger partial charge in [0.2, 0.25) is 0 Å². The van der Waals surface area contributed by atoms with Crippen LogP contribution < -0.4 is 10.1 Å². The van der Waals surface area contributed by atoms with Crippen LogP contribution in [0.4, 0.5) is 13.2 Å². The van der Waals surface area contributed by atoms with Crippen LogP contribution in [-0.4, -0.2) is 11.6 Å². The first kappa shape index (κ1) is 16.3. The third kappa shape index (κ3) is 4.23. The van der Waals surface area contributed by atoms with E-state index in [0.29, 0.717) is 18.0 Å². The van der Waals surface area contributed by atoms with Gasteiger partial charge in [0, 0.05) is 23.9 Å². The number of nitrogens with one attached hydrogen (secondary N) is 1. The first-order chi connectivity index (χ1) is 11.0. The highest BCUT2D eigenvalue weighted by Gasteiger charge is 2.27. The van der Waals surface area contributed by atoms with Crippen molar-refractivity contribution in [3.05, 3.63) is 45.7 Å². The van der Waals surface area contributed by atoms with Gasteiger partial charge in [0.1, 0.15) is 0 Å². The van der Waals surface area contributed by atoms with Crippen molar-refractivity contribution in [2.45, 2.75) is 44.9 Å². The van der Waals surface area contributed by atoms with Gasteiger partial charge in [-0.05, 0) is 37.5 Å². The highest BCUT2D eigenvalue weighted by molar-refractivity contribution is 7.09. The predicted octanol–water partition coefficient (Wildman–Crippen LogP) is 4.61. The van der Waals surface area contributed by atoms with Crippen molar-refractivity contribution in [1.29, 1.82) is 0 Å². The van der Waals surface area contributed by atoms with Crippen LogP contribution in [0.2, 0.25) is 0 Å². The minimum atomic E-state index is -3.03. The molecular formula is C16H17F3N2OS. The molecule has 1 aliphatic rings. The van der Waals surface area contributed by atoms with Gasteiger partial charge >= 0.3 is 6.61 Å². The summed E-state index contributed by atoms with van der Waals surface area (Å²) in [7, 11) is 0. The topological polar surface area (TPSA) is 34.1 Å². The maximum absolute atomic E-state index is 13.7. The molecule has 7 heteroatoms. The van der Waals surface area contributed by atoms with E-state index in [4.69, 9.17) is 0 Å². The highest BCUT2D eigenvalue weighted by atomic mass is 32.1. The molecule has 2 aromatic rings. The lowest BCUT2D eigenvalue weighted by molar-refractivity contribution is -0.0522. The van der Waals surface area contributed by atoms with Gasteiger partial charge in [0.25, 0.3) is 0 Å². The molecule has 0 aliphatic heterocycles. The molecule has 1 atom stereocenters. The third-order valence-electron chi connectivity index (χ3n) is 3.73. The second kappa shape index (κ2) is 6.88. The Morgan fingerprint density at radius 3 is 2.83 bits per heavy atom. The van der Waals surface area contributed by atoms with Gasteiger partial charge in [-0.3, -0.25) is 0 Å². The molecule has 1 aromatic heterocycles. The van der Waals surface area contributed by atoms with Crippen molar-refractivity contribution in [3.8, 4) is 5.75 Å². The van der Waals surface area contributed by atoms with E-state index >= 15 is 0 Å². The fourth-order valence-corrected chi connectivity index (χ4v) is 3.32. The van der Waals surface area contributed by atoms with Gasteiger partial charge in [0.05, 0.1) is 10.7 Å². The molecule has 1 saturated carbocycles. The Labute approximate surface area is 136 Å². The van der Waals surface area contributed by atoms with Crippen molar-refractivity contribution in [1.82, 2.24) is 10.3 Å². The van der Waals surface area contributed by atoms with Gasteiger partial charge in [0.15, 0.2) is 11.6 Å². The Morgan fingerprint density at radius 2 is 2.17 bits per heavy atom. The van der Waals surface area contributed by atoms with E-state index < -0.39 is 18.2 Å². The zero-order chi connectivity index (χ0) is 16.4. The Hall–Kier alpha value is -1.60. The van der Waals surface area contributed by atoms with E-state index in [2.05, 4.69) is 15.0 Å². The number of benzene rings is 1. The second-order valence-corrected chi connectivity index (χ2v) is 6.52. The number of ether oxygens (including phenoxy) is 1. The zero-order valence-electron chi connectivity index (χ0n) is 12.6. The fraction of sp³-hybridized carbons (Fsp3) is 0.438. The Bertz CT molecular complexity index is 673. The number of nitrogens with zero attached hydrogens (tertiary/aromatic N) is 1. The van der Waals surface area contributed by atoms with E-state index in [-0.39, 0.29) is 6.04 Å². The van der Waals surface area contributed by atoms with E-state index in [0.717, 1.165) is 5.69 Å². The maximum atomic E-state index is 13.7. The van der Waals surface area contributed by atoms with Crippen LogP contribution in [-0.2, 0) is 6.54 Å². The van der Waals surface area contributed by atoms with Crippen LogP contribution >= 0.6 is 11.3 Å². The largest absolute Gasteiger partial charge is 0.432 e. The summed E-state index contributed by atoms with van der Waals surface area (Å²) in [6.07, 6.45) is 2.45. The van der Waals surface area contributed by atoms with Crippen LogP contribution in [0.1, 0.15) is 48.0 Å². The molecule has 0 saturated heterocycles. The average Bonchev–Trinajstić information content (AvgIpc) is 3.24. The van der Waals surface area contributed by atoms with Crippen LogP contribution in [0.5, 0.6) is 5.75 Å². The lowest BCUT2D eigenvalue weighted by Gasteiger charge is -2.12. The molecule has 0 radical (unpaired) electrons. The van der Waals surface area contributed by atoms with Gasteiger partial charge in [-0.2, -0.15) is 8.78 Å². The minimum Gasteiger partial charge on any atom is -0.432 e. The first-order valence-electron chi connectivity index (χ1n) is 7.45. The Morgan fingerprint density at radius 1 is 1.39 bits per heavy atom. The normalized spacial score (nSPS) is 15.9. The smallest absolute Gasteiger partial charge is 0.387 e. The number of alkyl halides is 2. The summed E-state index contributed by atoms with van der Waals surface area (Å²) in [5.74, 6) is -0.593. The van der Waals surface area contributed by atoms with E-state index in [1.807, 2.05) is 12.3 Å². The quantitative estimate of drug-likeness (QED) is 0.798. The van der Waals surface area contributed by atoms with Crippen LogP contribution in [0.15, 0.2) is 23.6 Å². The predicted molar refractivity (Wildman–Crippen MR) is 82.4 cm³/mol. The number of hydrogen-bond acceptors (Lipinski definition) is 4. The number of halogens is 3. The molecule has 1 aromatic carbocycles. The summed E-state index contributed by atoms with van der Waals surface area (Å²) in [5.41, 5.74) is 1.64. The van der Waals surface area contributed by atoms with E-state index in [1.54, 1.807) is 17.4 Å². The molecule has 1 N–H and O–H groups in total. The van der Waals surface area contributed by atoms with Crippen molar-refractivity contribution in [2.75, 3.05) is 0 Å². The summed E-state index contributed by atoms with van der Waals surface area (Å²) in [4.78, 5) is 4.63. The minimum absolute atomic E-state index is 0.0406. The van der Waals surface area contributed by atoms with E-state index in [9.17, 15) is 13.2 Å². The standard InChI is InChI=1S/C16H17F3N2OS/c1-9(13-8-23-15(21-13)11-3-4-11)20-7-10-2-5-14(12(17)6-10)22-16(18)19/h2,5-6,8-9,11,16,20H,3-4,7H2,1H3. The molecular weight excluding hydrogens is 325 g/mol. The maximum Gasteiger partial charge on any atom is 0.387 e. The molecule has 0 spiro atoms. The summed E-state index contributed by atoms with van der Waals surface area (Å²) in [6.45, 7) is -0.612. The molecule has 1 fully saturated rings. The second-order valence-electron chi connectivity index (χ2n) is 5.63. The summed E-state index contributed by atoms with van der Waals surface area (Å²) in [6, 6.07) is 4.03. The van der Waals surface area contributed by atoms with Crippen LogP contribution in [0, 0.1) is 5.82 Å². The zero-order valence-corrected chi connectivity index (χ0v) is 13.4. The third-order valence-corrected chi connectivity index (χ3v) is 4.76. The first-order valence-corrected chi connectivity index (χ1v) is 8.33. The van der Waals surface area contributed by atoms with Crippen LogP contribution in [0.25, 0.3) is 0 Å². The fourth-order valence-electron chi connectivity index (χ4n) is 2.24. The van der Waals surface area contributed by atoms with Gasteiger partial charge in [-0.25, -0.2) is 9.37 Å². The Kier molecular flexibility index (Phi) is 4.87. The van der Waals surface area contributed by atoms with Crippen molar-refractivity contribution >= 4 is 11.3 Å². The van der Waals surface area contributed by atoms with E-state index in [1.165, 1.54) is 30.0 Å². The lowest BCUT2D eigenvalue weighted by atomic mass is 10.2. The molecule has 3 nitrogen and oxygen atoms in total. The van der Waals surface area contributed by atoms with Gasteiger partial charge < -0.3 is 10.1 Å². The Balaban J connectivity index is 1.57. The summed E-state index contributed by atoms with van der Waals surface area (Å²) >= 11 is 1.68. The SMILES string of the molecule is CC(NCc1ccc(OC(F)F)c(F)c1)c1csc(C2CC2)n1. The molecule has 1 aliphatic carbocycles. The number of thiazole rings is 1. The van der Waals surface area contributed by atoms with Gasteiger partial charge in [-0.1, -0.05) is 6.07 Å². The van der Waals surface area contributed by atoms with Crippen LogP contribution in [0.3, 0.4) is 0 Å². The van der Waals surface area contributed by atoms with Crippen molar-refractivity contribution in [2.24, 2.45) is 0 Å². The number of hydrogen-bond donors (Lipinski definition) is 1. The molecule has 1 heterocycles. The van der Waals surface area contributed by atoms with Gasteiger partial charge in [-0.15, -0.1) is 11.3 Å². The molecule has 0 bridgehead atoms. The molecule has 3 rings (SSSR count). The monoisotopic (exact) mass is 342 g/mol. The average molecular weight is 342 g/mol. The highest BCUT2D eigenvalue weighted by Crippen LogP contribution is 2.41. The number of rotatable bonds is 7. The summed E-state index contributed by atoms with van der Waals surface area (Å²) in [5, 5.41) is 6.50. The molecule has 0 amide bonds. The lowest BCUT2D eigenvalue weighted by Crippen LogP contribution is -2.18. The molecule has 1 unspecified atom stereocenters. The molecule has 124 valence electrons. The number of aromatic nitrogens is 1. The summed E-state index contributed by atoms with van der Waals surface area (Å²) < 4.78 is 41.9.